The van der Waals surface area contributed by atoms with E-state index < -0.39 is 0 Å². The van der Waals surface area contributed by atoms with Gasteiger partial charge in [-0.2, -0.15) is 5.10 Å². The maximum absolute atomic E-state index is 5.63. The van der Waals surface area contributed by atoms with Crippen LogP contribution in [0.25, 0.3) is 0 Å². The summed E-state index contributed by atoms with van der Waals surface area (Å²) in [5, 5.41) is 4.09. The lowest BCUT2D eigenvalue weighted by Crippen LogP contribution is -2.21. The zero-order chi connectivity index (χ0) is 11.2. The lowest BCUT2D eigenvalue weighted by Gasteiger charge is -2.21. The molecule has 1 aliphatic heterocycles. The van der Waals surface area contributed by atoms with Gasteiger partial charge in [-0.3, -0.25) is 4.68 Å². The number of aromatic nitrogens is 2. The number of hydrogen-bond donors (Lipinski definition) is 1. The number of ether oxygens (including phenoxy) is 2. The number of nitrogens with zero attached hydrogens (tertiary/aromatic N) is 2. The van der Waals surface area contributed by atoms with Crippen molar-refractivity contribution in [2.45, 2.75) is 19.4 Å². The molecule has 16 heavy (non-hydrogen) atoms. The van der Waals surface area contributed by atoms with Crippen molar-refractivity contribution >= 4 is 5.82 Å². The number of nitrogens with two attached hydrogens (primary N) is 1. The summed E-state index contributed by atoms with van der Waals surface area (Å²) in [5.74, 6) is 1.22. The van der Waals surface area contributed by atoms with Gasteiger partial charge >= 0.3 is 0 Å². The van der Waals surface area contributed by atoms with Gasteiger partial charge in [-0.25, -0.2) is 0 Å². The molecule has 5 nitrogen and oxygen atoms in total. The molecular weight excluding hydrogens is 206 g/mol. The van der Waals surface area contributed by atoms with Crippen LogP contribution >= 0.6 is 0 Å². The lowest BCUT2D eigenvalue weighted by molar-refractivity contribution is 0.0184. The first-order chi connectivity index (χ1) is 7.84. The molecular formula is C11H19N3O2. The largest absolute Gasteiger partial charge is 0.382 e. The molecule has 5 heteroatoms. The van der Waals surface area contributed by atoms with Crippen LogP contribution in [0.2, 0.25) is 0 Å². The SMILES string of the molecule is Nc1ccn(CCOCC2CCOCC2)n1. The summed E-state index contributed by atoms with van der Waals surface area (Å²) in [4.78, 5) is 0. The minimum Gasteiger partial charge on any atom is -0.382 e. The number of rotatable bonds is 5. The molecule has 0 radical (unpaired) electrons. The molecule has 2 rings (SSSR count). The van der Waals surface area contributed by atoms with E-state index in [-0.39, 0.29) is 0 Å². The van der Waals surface area contributed by atoms with Gasteiger partial charge in [0.1, 0.15) is 5.82 Å². The topological polar surface area (TPSA) is 62.3 Å². The fourth-order valence-corrected chi connectivity index (χ4v) is 1.82. The summed E-state index contributed by atoms with van der Waals surface area (Å²) in [6, 6.07) is 1.79. The Morgan fingerprint density at radius 1 is 1.50 bits per heavy atom. The first-order valence-electron chi connectivity index (χ1n) is 5.79. The third kappa shape index (κ3) is 3.50. The standard InChI is InChI=1S/C11H19N3O2/c12-11-1-4-14(13-11)5-8-16-9-10-2-6-15-7-3-10/h1,4,10H,2-3,5-9H2,(H2,12,13). The minimum atomic E-state index is 0.560. The van der Waals surface area contributed by atoms with Gasteiger partial charge in [0, 0.05) is 26.0 Å². The molecule has 0 spiro atoms. The van der Waals surface area contributed by atoms with Crippen molar-refractivity contribution in [3.05, 3.63) is 12.3 Å². The van der Waals surface area contributed by atoms with E-state index in [2.05, 4.69) is 5.10 Å². The van der Waals surface area contributed by atoms with E-state index >= 15 is 0 Å². The van der Waals surface area contributed by atoms with Crippen LogP contribution in [0.15, 0.2) is 12.3 Å². The predicted molar refractivity (Wildman–Crippen MR) is 61.0 cm³/mol. The monoisotopic (exact) mass is 225 g/mol. The summed E-state index contributed by atoms with van der Waals surface area (Å²) in [5.41, 5.74) is 5.51. The van der Waals surface area contributed by atoms with Crippen LogP contribution in [-0.4, -0.2) is 36.2 Å². The zero-order valence-electron chi connectivity index (χ0n) is 9.47. The number of anilines is 1. The van der Waals surface area contributed by atoms with Gasteiger partial charge in [-0.1, -0.05) is 0 Å². The summed E-state index contributed by atoms with van der Waals surface area (Å²) < 4.78 is 12.7. The van der Waals surface area contributed by atoms with Crippen molar-refractivity contribution in [1.29, 1.82) is 0 Å². The molecule has 0 aliphatic carbocycles. The van der Waals surface area contributed by atoms with Crippen molar-refractivity contribution in [2.75, 3.05) is 32.2 Å². The summed E-state index contributed by atoms with van der Waals surface area (Å²) >= 11 is 0. The normalized spacial score (nSPS) is 17.8. The van der Waals surface area contributed by atoms with E-state index in [1.807, 2.05) is 6.20 Å². The molecule has 0 unspecified atom stereocenters. The minimum absolute atomic E-state index is 0.560. The Morgan fingerprint density at radius 3 is 3.00 bits per heavy atom. The Hall–Kier alpha value is -1.07. The number of hydrogen-bond acceptors (Lipinski definition) is 4. The van der Waals surface area contributed by atoms with E-state index in [0.29, 0.717) is 18.3 Å². The van der Waals surface area contributed by atoms with Gasteiger partial charge < -0.3 is 15.2 Å². The molecule has 1 aliphatic rings. The Balaban J connectivity index is 1.57. The fourth-order valence-electron chi connectivity index (χ4n) is 1.82. The second-order valence-electron chi connectivity index (χ2n) is 4.13. The Bertz CT molecular complexity index is 308. The molecule has 0 saturated carbocycles. The Kier molecular flexibility index (Phi) is 4.18. The predicted octanol–water partition coefficient (Wildman–Crippen LogP) is 0.908. The first kappa shape index (κ1) is 11.4. The van der Waals surface area contributed by atoms with Gasteiger partial charge in [0.2, 0.25) is 0 Å². The van der Waals surface area contributed by atoms with Crippen LogP contribution in [0.5, 0.6) is 0 Å². The summed E-state index contributed by atoms with van der Waals surface area (Å²) in [6.07, 6.45) is 4.11. The maximum Gasteiger partial charge on any atom is 0.145 e. The van der Waals surface area contributed by atoms with Crippen LogP contribution in [0, 0.1) is 5.92 Å². The molecule has 1 saturated heterocycles. The van der Waals surface area contributed by atoms with Crippen LogP contribution < -0.4 is 5.73 Å². The van der Waals surface area contributed by atoms with Gasteiger partial charge in [0.05, 0.1) is 13.2 Å². The van der Waals surface area contributed by atoms with E-state index in [0.717, 1.165) is 39.2 Å². The third-order valence-corrected chi connectivity index (χ3v) is 2.82. The molecule has 1 aromatic rings. The van der Waals surface area contributed by atoms with Crippen molar-refractivity contribution in [2.24, 2.45) is 5.92 Å². The summed E-state index contributed by atoms with van der Waals surface area (Å²) in [6.45, 7) is 4.05. The second kappa shape index (κ2) is 5.86. The highest BCUT2D eigenvalue weighted by Gasteiger charge is 2.13. The fraction of sp³-hybridized carbons (Fsp3) is 0.727. The van der Waals surface area contributed by atoms with E-state index in [4.69, 9.17) is 15.2 Å². The zero-order valence-corrected chi connectivity index (χ0v) is 9.47. The third-order valence-electron chi connectivity index (χ3n) is 2.82. The molecule has 2 N–H and O–H groups in total. The van der Waals surface area contributed by atoms with E-state index in [1.54, 1.807) is 10.7 Å². The van der Waals surface area contributed by atoms with Crippen LogP contribution in [0.4, 0.5) is 5.82 Å². The van der Waals surface area contributed by atoms with Crippen molar-refractivity contribution in [3.8, 4) is 0 Å². The quantitative estimate of drug-likeness (QED) is 0.756. The van der Waals surface area contributed by atoms with Gasteiger partial charge in [-0.05, 0) is 24.8 Å². The van der Waals surface area contributed by atoms with Crippen LogP contribution in [0.1, 0.15) is 12.8 Å². The smallest absolute Gasteiger partial charge is 0.145 e. The molecule has 0 bridgehead atoms. The molecule has 2 heterocycles. The molecule has 1 aromatic heterocycles. The molecule has 90 valence electrons. The van der Waals surface area contributed by atoms with E-state index in [9.17, 15) is 0 Å². The maximum atomic E-state index is 5.63. The Labute approximate surface area is 95.5 Å². The highest BCUT2D eigenvalue weighted by molar-refractivity contribution is 5.23. The molecule has 0 amide bonds. The van der Waals surface area contributed by atoms with Crippen LogP contribution in [0.3, 0.4) is 0 Å². The van der Waals surface area contributed by atoms with Gasteiger partial charge in [-0.15, -0.1) is 0 Å². The van der Waals surface area contributed by atoms with Crippen molar-refractivity contribution < 1.29 is 9.47 Å². The van der Waals surface area contributed by atoms with Crippen LogP contribution in [-0.2, 0) is 16.0 Å². The lowest BCUT2D eigenvalue weighted by atomic mass is 10.0. The van der Waals surface area contributed by atoms with Crippen molar-refractivity contribution in [3.63, 3.8) is 0 Å². The van der Waals surface area contributed by atoms with Gasteiger partial charge in [0.15, 0.2) is 0 Å². The number of nitrogen functional groups attached to an aromatic ring is 1. The molecule has 1 fully saturated rings. The second-order valence-corrected chi connectivity index (χ2v) is 4.13. The highest BCUT2D eigenvalue weighted by atomic mass is 16.5. The summed E-state index contributed by atoms with van der Waals surface area (Å²) in [7, 11) is 0. The molecule has 0 aromatic carbocycles. The van der Waals surface area contributed by atoms with Crippen molar-refractivity contribution in [1.82, 2.24) is 9.78 Å². The average molecular weight is 225 g/mol. The Morgan fingerprint density at radius 2 is 2.31 bits per heavy atom. The van der Waals surface area contributed by atoms with E-state index in [1.165, 1.54) is 0 Å². The van der Waals surface area contributed by atoms with Gasteiger partial charge in [0.25, 0.3) is 0 Å². The first-order valence-corrected chi connectivity index (χ1v) is 5.79. The highest BCUT2D eigenvalue weighted by Crippen LogP contribution is 2.14. The molecule has 0 atom stereocenters. The average Bonchev–Trinajstić information content (AvgIpc) is 2.72.